The van der Waals surface area contributed by atoms with Crippen LogP contribution in [-0.2, 0) is 0 Å². The molecule has 0 unspecified atom stereocenters. The Morgan fingerprint density at radius 3 is 2.68 bits per heavy atom. The Morgan fingerprint density at radius 2 is 2.00 bits per heavy atom. The predicted octanol–water partition coefficient (Wildman–Crippen LogP) is 4.25. The average molecular weight is 340 g/mol. The van der Waals surface area contributed by atoms with Crippen LogP contribution in [0, 0.1) is 6.92 Å². The van der Waals surface area contributed by atoms with Gasteiger partial charge in [0.1, 0.15) is 0 Å². The lowest BCUT2D eigenvalue weighted by Crippen LogP contribution is -2.13. The second-order valence-corrected chi connectivity index (χ2v) is 5.44. The van der Waals surface area contributed by atoms with Gasteiger partial charge in [-0.15, -0.1) is 0 Å². The highest BCUT2D eigenvalue weighted by molar-refractivity contribution is 9.10. The van der Waals surface area contributed by atoms with Gasteiger partial charge in [-0.2, -0.15) is 0 Å². The van der Waals surface area contributed by atoms with Gasteiger partial charge in [0.2, 0.25) is 0 Å². The highest BCUT2D eigenvalue weighted by Gasteiger charge is 2.10. The van der Waals surface area contributed by atoms with E-state index in [1.807, 2.05) is 19.1 Å². The number of benzene rings is 2. The third-order valence-electron chi connectivity index (χ3n) is 2.64. The number of nitrogens with two attached hydrogens (primary N) is 1. The first kappa shape index (κ1) is 13.9. The van der Waals surface area contributed by atoms with Gasteiger partial charge in [0.05, 0.1) is 16.4 Å². The smallest absolute Gasteiger partial charge is 0.255 e. The number of hydrogen-bond donors (Lipinski definition) is 2. The van der Waals surface area contributed by atoms with Crippen LogP contribution >= 0.6 is 27.5 Å². The molecule has 0 aromatic heterocycles. The van der Waals surface area contributed by atoms with Crippen molar-refractivity contribution in [3.05, 3.63) is 57.0 Å². The molecule has 0 fully saturated rings. The van der Waals surface area contributed by atoms with E-state index in [-0.39, 0.29) is 5.91 Å². The molecule has 0 spiro atoms. The second kappa shape index (κ2) is 5.63. The standard InChI is InChI=1S/C14H12BrClN2O/c1-8-2-5-12(17)13(6-8)18-14(19)9-3-4-10(15)11(16)7-9/h2-7H,17H2,1H3,(H,18,19). The number of hydrogen-bond acceptors (Lipinski definition) is 2. The zero-order valence-electron chi connectivity index (χ0n) is 10.2. The Hall–Kier alpha value is -1.52. The molecule has 0 saturated heterocycles. The highest BCUT2D eigenvalue weighted by atomic mass is 79.9. The number of nitrogen functional groups attached to an aromatic ring is 1. The van der Waals surface area contributed by atoms with Crippen molar-refractivity contribution in [2.24, 2.45) is 0 Å². The van der Waals surface area contributed by atoms with Crippen LogP contribution in [0.3, 0.4) is 0 Å². The van der Waals surface area contributed by atoms with Crippen LogP contribution < -0.4 is 11.1 Å². The Bertz CT molecular complexity index is 643. The molecule has 2 aromatic carbocycles. The van der Waals surface area contributed by atoms with Gasteiger partial charge in [-0.3, -0.25) is 4.79 Å². The summed E-state index contributed by atoms with van der Waals surface area (Å²) in [4.78, 5) is 12.1. The Labute approximate surface area is 124 Å². The third-order valence-corrected chi connectivity index (χ3v) is 3.87. The molecule has 98 valence electrons. The van der Waals surface area contributed by atoms with Crippen LogP contribution in [0.5, 0.6) is 0 Å². The Kier molecular flexibility index (Phi) is 4.12. The first-order chi connectivity index (χ1) is 8.97. The zero-order chi connectivity index (χ0) is 14.0. The van der Waals surface area contributed by atoms with E-state index < -0.39 is 0 Å². The van der Waals surface area contributed by atoms with Crippen molar-refractivity contribution in [3.8, 4) is 0 Å². The zero-order valence-corrected chi connectivity index (χ0v) is 12.5. The Morgan fingerprint density at radius 1 is 1.26 bits per heavy atom. The molecule has 0 saturated carbocycles. The molecule has 0 aliphatic heterocycles. The van der Waals surface area contributed by atoms with Gasteiger partial charge in [-0.25, -0.2) is 0 Å². The summed E-state index contributed by atoms with van der Waals surface area (Å²) < 4.78 is 0.751. The van der Waals surface area contributed by atoms with E-state index in [1.165, 1.54) is 0 Å². The fraction of sp³-hybridized carbons (Fsp3) is 0.0714. The van der Waals surface area contributed by atoms with Crippen LogP contribution in [0.15, 0.2) is 40.9 Å². The quantitative estimate of drug-likeness (QED) is 0.804. The molecule has 0 radical (unpaired) electrons. The van der Waals surface area contributed by atoms with Crippen LogP contribution in [-0.4, -0.2) is 5.91 Å². The minimum Gasteiger partial charge on any atom is -0.397 e. The summed E-state index contributed by atoms with van der Waals surface area (Å²) in [5, 5.41) is 3.27. The molecule has 0 aliphatic rings. The number of anilines is 2. The highest BCUT2D eigenvalue weighted by Crippen LogP contribution is 2.25. The molecule has 0 aliphatic carbocycles. The number of carbonyl (C=O) groups excluding carboxylic acids is 1. The van der Waals surface area contributed by atoms with Crippen molar-refractivity contribution in [3.63, 3.8) is 0 Å². The normalized spacial score (nSPS) is 10.3. The maximum absolute atomic E-state index is 12.1. The van der Waals surface area contributed by atoms with Gasteiger partial charge in [0.15, 0.2) is 0 Å². The molecular weight excluding hydrogens is 328 g/mol. The third kappa shape index (κ3) is 3.28. The van der Waals surface area contributed by atoms with E-state index in [1.54, 1.807) is 24.3 Å². The molecule has 0 bridgehead atoms. The van der Waals surface area contributed by atoms with Crippen molar-refractivity contribution in [1.82, 2.24) is 0 Å². The molecule has 3 nitrogen and oxygen atoms in total. The molecule has 1 amide bonds. The summed E-state index contributed by atoms with van der Waals surface area (Å²) in [6, 6.07) is 10.5. The van der Waals surface area contributed by atoms with E-state index in [2.05, 4.69) is 21.2 Å². The molecule has 2 aromatic rings. The van der Waals surface area contributed by atoms with Gasteiger partial charge in [0, 0.05) is 10.0 Å². The second-order valence-electron chi connectivity index (χ2n) is 4.17. The molecule has 2 rings (SSSR count). The first-order valence-electron chi connectivity index (χ1n) is 5.60. The summed E-state index contributed by atoms with van der Waals surface area (Å²) in [7, 11) is 0. The van der Waals surface area contributed by atoms with Crippen LogP contribution in [0.25, 0.3) is 0 Å². The summed E-state index contributed by atoms with van der Waals surface area (Å²) in [5.74, 6) is -0.244. The lowest BCUT2D eigenvalue weighted by molar-refractivity contribution is 0.102. The van der Waals surface area contributed by atoms with Gasteiger partial charge in [-0.1, -0.05) is 17.7 Å². The van der Waals surface area contributed by atoms with Crippen molar-refractivity contribution < 1.29 is 4.79 Å². The molecular formula is C14H12BrClN2O. The molecule has 5 heteroatoms. The van der Waals surface area contributed by atoms with Crippen LogP contribution in [0.4, 0.5) is 11.4 Å². The lowest BCUT2D eigenvalue weighted by atomic mass is 10.1. The predicted molar refractivity (Wildman–Crippen MR) is 82.7 cm³/mol. The SMILES string of the molecule is Cc1ccc(N)c(NC(=O)c2ccc(Br)c(Cl)c2)c1. The average Bonchev–Trinajstić information content (AvgIpc) is 2.37. The monoisotopic (exact) mass is 338 g/mol. The molecule has 0 atom stereocenters. The summed E-state index contributed by atoms with van der Waals surface area (Å²) in [6.45, 7) is 1.94. The van der Waals surface area contributed by atoms with Crippen molar-refractivity contribution in [2.75, 3.05) is 11.1 Å². The lowest BCUT2D eigenvalue weighted by Gasteiger charge is -2.09. The van der Waals surface area contributed by atoms with Crippen molar-refractivity contribution >= 4 is 44.8 Å². The number of aryl methyl sites for hydroxylation is 1. The number of amides is 1. The largest absolute Gasteiger partial charge is 0.397 e. The fourth-order valence-corrected chi connectivity index (χ4v) is 2.04. The minimum atomic E-state index is -0.244. The van der Waals surface area contributed by atoms with Gasteiger partial charge in [-0.05, 0) is 58.7 Å². The van der Waals surface area contributed by atoms with Crippen LogP contribution in [0.1, 0.15) is 15.9 Å². The van der Waals surface area contributed by atoms with E-state index in [0.717, 1.165) is 10.0 Å². The van der Waals surface area contributed by atoms with E-state index in [9.17, 15) is 4.79 Å². The Balaban J connectivity index is 2.25. The first-order valence-corrected chi connectivity index (χ1v) is 6.77. The van der Waals surface area contributed by atoms with Gasteiger partial charge in [0.25, 0.3) is 5.91 Å². The van der Waals surface area contributed by atoms with Crippen molar-refractivity contribution in [2.45, 2.75) is 6.92 Å². The fourth-order valence-electron chi connectivity index (χ4n) is 1.61. The minimum absolute atomic E-state index is 0.244. The summed E-state index contributed by atoms with van der Waals surface area (Å²) >= 11 is 9.25. The maximum atomic E-state index is 12.1. The topological polar surface area (TPSA) is 55.1 Å². The van der Waals surface area contributed by atoms with Gasteiger partial charge >= 0.3 is 0 Å². The molecule has 0 heterocycles. The molecule has 3 N–H and O–H groups in total. The number of nitrogens with one attached hydrogen (secondary N) is 1. The summed E-state index contributed by atoms with van der Waals surface area (Å²) in [5.41, 5.74) is 8.46. The number of halogens is 2. The number of rotatable bonds is 2. The van der Waals surface area contributed by atoms with E-state index >= 15 is 0 Å². The van der Waals surface area contributed by atoms with Crippen molar-refractivity contribution in [1.29, 1.82) is 0 Å². The van der Waals surface area contributed by atoms with Gasteiger partial charge < -0.3 is 11.1 Å². The summed E-state index contributed by atoms with van der Waals surface area (Å²) in [6.07, 6.45) is 0. The van der Waals surface area contributed by atoms with E-state index in [4.69, 9.17) is 17.3 Å². The van der Waals surface area contributed by atoms with E-state index in [0.29, 0.717) is 22.0 Å². The molecule has 19 heavy (non-hydrogen) atoms. The maximum Gasteiger partial charge on any atom is 0.255 e. The number of carbonyl (C=O) groups is 1. The van der Waals surface area contributed by atoms with Crippen LogP contribution in [0.2, 0.25) is 5.02 Å².